The summed E-state index contributed by atoms with van der Waals surface area (Å²) in [5.41, 5.74) is 3.41. The van der Waals surface area contributed by atoms with Crippen LogP contribution in [0.5, 0.6) is 11.5 Å². The summed E-state index contributed by atoms with van der Waals surface area (Å²) in [6.45, 7) is 3.12. The predicted molar refractivity (Wildman–Crippen MR) is 125 cm³/mol. The van der Waals surface area contributed by atoms with Crippen LogP contribution in [0.4, 0.5) is 4.39 Å². The van der Waals surface area contributed by atoms with Gasteiger partial charge in [0.1, 0.15) is 12.4 Å². The van der Waals surface area contributed by atoms with E-state index in [1.54, 1.807) is 19.2 Å². The van der Waals surface area contributed by atoms with E-state index in [1.807, 2.05) is 18.2 Å². The summed E-state index contributed by atoms with van der Waals surface area (Å²) in [6.07, 6.45) is 3.12. The highest BCUT2D eigenvalue weighted by atomic mass is 32.1. The van der Waals surface area contributed by atoms with Crippen molar-refractivity contribution in [3.8, 4) is 11.5 Å². The Balaban J connectivity index is 1.75. The second-order valence-electron chi connectivity index (χ2n) is 7.97. The second kappa shape index (κ2) is 9.69. The van der Waals surface area contributed by atoms with Crippen LogP contribution in [0.2, 0.25) is 0 Å². The van der Waals surface area contributed by atoms with Crippen LogP contribution in [-0.4, -0.2) is 29.5 Å². The van der Waals surface area contributed by atoms with Gasteiger partial charge in [0.15, 0.2) is 22.4 Å². The van der Waals surface area contributed by atoms with Crippen LogP contribution >= 0.6 is 12.2 Å². The Bertz CT molecular complexity index is 1050. The van der Waals surface area contributed by atoms with Crippen molar-refractivity contribution in [2.24, 2.45) is 0 Å². The van der Waals surface area contributed by atoms with Crippen molar-refractivity contribution in [2.75, 3.05) is 13.7 Å². The Hall–Kier alpha value is -2.93. The van der Waals surface area contributed by atoms with Gasteiger partial charge in [-0.15, -0.1) is 0 Å². The Morgan fingerprint density at radius 1 is 1.19 bits per heavy atom. The monoisotopic (exact) mass is 454 g/mol. The lowest BCUT2D eigenvalue weighted by atomic mass is 9.84. The van der Waals surface area contributed by atoms with Gasteiger partial charge in [-0.3, -0.25) is 4.79 Å². The zero-order valence-electron chi connectivity index (χ0n) is 18.3. The van der Waals surface area contributed by atoms with Crippen LogP contribution in [0.25, 0.3) is 0 Å². The number of nitrogens with zero attached hydrogens (tertiary/aromatic N) is 1. The number of carbonyl (C=O) groups excluding carboxylic acids is 1. The number of methoxy groups -OCH3 is 1. The summed E-state index contributed by atoms with van der Waals surface area (Å²) in [5.74, 6) is 0.964. The largest absolute Gasteiger partial charge is 0.493 e. The third-order valence-corrected chi connectivity index (χ3v) is 6.18. The molecule has 1 atom stereocenters. The van der Waals surface area contributed by atoms with Crippen LogP contribution in [-0.2, 0) is 11.4 Å². The van der Waals surface area contributed by atoms with Crippen molar-refractivity contribution in [1.29, 1.82) is 0 Å². The molecule has 5 nitrogen and oxygen atoms in total. The minimum Gasteiger partial charge on any atom is -0.493 e. The first-order chi connectivity index (χ1) is 15.5. The van der Waals surface area contributed by atoms with Crippen LogP contribution in [0.15, 0.2) is 53.7 Å². The standard InChI is InChI=1S/C25H27FN2O3S/c1-3-14-28-19-7-5-8-20(29)22(19)23(27-25(28)32)18-6-4-9-21(30-2)24(18)31-15-16-10-12-17(26)13-11-16/h4,6,9-13,23H,3,5,7-8,14-15H2,1-2H3,(H,27,32). The molecular weight excluding hydrogens is 427 g/mol. The van der Waals surface area contributed by atoms with Crippen LogP contribution in [0, 0.1) is 5.82 Å². The average Bonchev–Trinajstić information content (AvgIpc) is 2.80. The molecule has 0 spiro atoms. The summed E-state index contributed by atoms with van der Waals surface area (Å²) in [7, 11) is 1.59. The van der Waals surface area contributed by atoms with Crippen molar-refractivity contribution in [2.45, 2.75) is 45.3 Å². The highest BCUT2D eigenvalue weighted by Crippen LogP contribution is 2.43. The first-order valence-corrected chi connectivity index (χ1v) is 11.3. The molecule has 2 aromatic rings. The molecule has 168 valence electrons. The number of rotatable bonds is 7. The molecule has 0 radical (unpaired) electrons. The van der Waals surface area contributed by atoms with E-state index in [9.17, 15) is 9.18 Å². The minimum absolute atomic E-state index is 0.139. The van der Waals surface area contributed by atoms with E-state index >= 15 is 0 Å². The van der Waals surface area contributed by atoms with Crippen molar-refractivity contribution in [3.05, 3.63) is 70.7 Å². The second-order valence-corrected chi connectivity index (χ2v) is 8.35. The summed E-state index contributed by atoms with van der Waals surface area (Å²) in [5, 5.41) is 4.01. The number of hydrogen-bond donors (Lipinski definition) is 1. The molecule has 1 N–H and O–H groups in total. The number of benzene rings is 2. The normalized spacial score (nSPS) is 18.3. The number of allylic oxidation sites excluding steroid dienone is 1. The van der Waals surface area contributed by atoms with Gasteiger partial charge in [0.25, 0.3) is 0 Å². The number of halogens is 1. The summed E-state index contributed by atoms with van der Waals surface area (Å²) in [6, 6.07) is 11.4. The number of nitrogens with one attached hydrogen (secondary N) is 1. The SMILES string of the molecule is CCCN1C(=S)NC(c2cccc(OC)c2OCc2ccc(F)cc2)C2=C1CCCC2=O. The first-order valence-electron chi connectivity index (χ1n) is 10.9. The Morgan fingerprint density at radius 2 is 1.97 bits per heavy atom. The third kappa shape index (κ3) is 4.35. The Kier molecular flexibility index (Phi) is 6.74. The maximum absolute atomic E-state index is 13.3. The van der Waals surface area contributed by atoms with E-state index in [4.69, 9.17) is 21.7 Å². The van der Waals surface area contributed by atoms with Crippen LogP contribution in [0.3, 0.4) is 0 Å². The highest BCUT2D eigenvalue weighted by Gasteiger charge is 2.38. The fraction of sp³-hybridized carbons (Fsp3) is 0.360. The quantitative estimate of drug-likeness (QED) is 0.590. The van der Waals surface area contributed by atoms with E-state index in [-0.39, 0.29) is 18.2 Å². The molecule has 0 bridgehead atoms. The summed E-state index contributed by atoms with van der Waals surface area (Å²) >= 11 is 5.70. The lowest BCUT2D eigenvalue weighted by Gasteiger charge is -2.41. The van der Waals surface area contributed by atoms with Gasteiger partial charge in [-0.05, 0) is 55.2 Å². The molecule has 0 saturated heterocycles. The Labute approximate surface area is 193 Å². The molecule has 1 unspecified atom stereocenters. The average molecular weight is 455 g/mol. The molecule has 1 heterocycles. The number of para-hydroxylation sites is 1. The molecule has 0 amide bonds. The van der Waals surface area contributed by atoms with E-state index < -0.39 is 6.04 Å². The van der Waals surface area contributed by atoms with Crippen molar-refractivity contribution < 1.29 is 18.7 Å². The summed E-state index contributed by atoms with van der Waals surface area (Å²) < 4.78 is 25.0. The molecule has 0 fully saturated rings. The van der Waals surface area contributed by atoms with Gasteiger partial charge in [0, 0.05) is 29.8 Å². The fourth-order valence-corrected chi connectivity index (χ4v) is 4.67. The number of ketones is 1. The van der Waals surface area contributed by atoms with Gasteiger partial charge in [-0.25, -0.2) is 4.39 Å². The minimum atomic E-state index is -0.406. The van der Waals surface area contributed by atoms with Gasteiger partial charge in [-0.2, -0.15) is 0 Å². The van der Waals surface area contributed by atoms with E-state index in [0.717, 1.165) is 48.2 Å². The smallest absolute Gasteiger partial charge is 0.173 e. The number of thiocarbonyl (C=S) groups is 1. The van der Waals surface area contributed by atoms with Gasteiger partial charge in [-0.1, -0.05) is 31.2 Å². The molecule has 4 rings (SSSR count). The van der Waals surface area contributed by atoms with Crippen LogP contribution < -0.4 is 14.8 Å². The maximum Gasteiger partial charge on any atom is 0.173 e. The van der Waals surface area contributed by atoms with Gasteiger partial charge < -0.3 is 19.7 Å². The molecule has 0 saturated carbocycles. The van der Waals surface area contributed by atoms with Gasteiger partial charge >= 0.3 is 0 Å². The van der Waals surface area contributed by atoms with E-state index in [1.165, 1.54) is 12.1 Å². The fourth-order valence-electron chi connectivity index (χ4n) is 4.36. The van der Waals surface area contributed by atoms with E-state index in [2.05, 4.69) is 17.1 Å². The molecule has 2 aliphatic rings. The van der Waals surface area contributed by atoms with E-state index in [0.29, 0.717) is 23.0 Å². The number of carbonyl (C=O) groups is 1. The van der Waals surface area contributed by atoms with Crippen molar-refractivity contribution in [3.63, 3.8) is 0 Å². The molecule has 2 aromatic carbocycles. The zero-order valence-corrected chi connectivity index (χ0v) is 19.1. The number of Topliss-reactive ketones (excluding diaryl/α,β-unsaturated/α-hetero) is 1. The molecular formula is C25H27FN2O3S. The molecule has 32 heavy (non-hydrogen) atoms. The first kappa shape index (κ1) is 22.3. The topological polar surface area (TPSA) is 50.8 Å². The number of ether oxygens (including phenoxy) is 2. The lowest BCUT2D eigenvalue weighted by Crippen LogP contribution is -2.49. The zero-order chi connectivity index (χ0) is 22.7. The van der Waals surface area contributed by atoms with Crippen molar-refractivity contribution in [1.82, 2.24) is 10.2 Å². The number of hydrogen-bond acceptors (Lipinski definition) is 4. The van der Waals surface area contributed by atoms with Crippen LogP contribution in [0.1, 0.15) is 49.8 Å². The Morgan fingerprint density at radius 3 is 2.69 bits per heavy atom. The van der Waals surface area contributed by atoms with Gasteiger partial charge in [0.2, 0.25) is 0 Å². The molecule has 1 aliphatic carbocycles. The lowest BCUT2D eigenvalue weighted by molar-refractivity contribution is -0.116. The molecule has 0 aromatic heterocycles. The maximum atomic E-state index is 13.3. The van der Waals surface area contributed by atoms with Gasteiger partial charge in [0.05, 0.1) is 13.2 Å². The molecule has 1 aliphatic heterocycles. The predicted octanol–water partition coefficient (Wildman–Crippen LogP) is 5.06. The van der Waals surface area contributed by atoms with Crippen molar-refractivity contribution >= 4 is 23.1 Å². The molecule has 7 heteroatoms. The third-order valence-electron chi connectivity index (χ3n) is 5.84. The highest BCUT2D eigenvalue weighted by molar-refractivity contribution is 7.80. The summed E-state index contributed by atoms with van der Waals surface area (Å²) in [4.78, 5) is 15.1.